The second kappa shape index (κ2) is 7.30. The molecule has 2 heterocycles. The number of amides is 1. The number of carbonyl (C=O) groups is 1. The fourth-order valence-corrected chi connectivity index (χ4v) is 2.42. The normalized spacial score (nSPS) is 11.8. The summed E-state index contributed by atoms with van der Waals surface area (Å²) in [5.74, 6) is 0.299. The highest BCUT2D eigenvalue weighted by molar-refractivity contribution is 5.93. The van der Waals surface area contributed by atoms with Crippen LogP contribution >= 0.6 is 0 Å². The van der Waals surface area contributed by atoms with Crippen molar-refractivity contribution in [3.8, 4) is 11.6 Å². The zero-order valence-corrected chi connectivity index (χ0v) is 14.6. The SMILES string of the molecule is Cc1cc(C)n(-c2cc(NC(=O)C(C)Oc3cccc(F)c3)ncn2)n1. The molecule has 1 atom stereocenters. The Kier molecular flexibility index (Phi) is 4.92. The molecule has 7 nitrogen and oxygen atoms in total. The Hall–Kier alpha value is -3.29. The van der Waals surface area contributed by atoms with Crippen molar-refractivity contribution in [2.24, 2.45) is 0 Å². The summed E-state index contributed by atoms with van der Waals surface area (Å²) in [5.41, 5.74) is 1.78. The Morgan fingerprint density at radius 3 is 2.73 bits per heavy atom. The van der Waals surface area contributed by atoms with Gasteiger partial charge in [-0.2, -0.15) is 5.10 Å². The molecular formula is C18H18FN5O2. The van der Waals surface area contributed by atoms with Crippen LogP contribution in [-0.4, -0.2) is 31.8 Å². The van der Waals surface area contributed by atoms with Crippen molar-refractivity contribution in [1.29, 1.82) is 0 Å². The molecule has 1 aromatic carbocycles. The zero-order chi connectivity index (χ0) is 18.7. The summed E-state index contributed by atoms with van der Waals surface area (Å²) in [4.78, 5) is 20.5. The number of halogens is 1. The van der Waals surface area contributed by atoms with Gasteiger partial charge in [-0.3, -0.25) is 4.79 Å². The number of hydrogen-bond acceptors (Lipinski definition) is 5. The number of benzene rings is 1. The fourth-order valence-electron chi connectivity index (χ4n) is 2.42. The molecule has 8 heteroatoms. The summed E-state index contributed by atoms with van der Waals surface area (Å²) in [6.45, 7) is 5.37. The van der Waals surface area contributed by atoms with Gasteiger partial charge in [-0.1, -0.05) is 6.07 Å². The molecule has 26 heavy (non-hydrogen) atoms. The fraction of sp³-hybridized carbons (Fsp3) is 0.222. The van der Waals surface area contributed by atoms with Gasteiger partial charge in [0.1, 0.15) is 23.7 Å². The van der Waals surface area contributed by atoms with Gasteiger partial charge in [0.15, 0.2) is 11.9 Å². The monoisotopic (exact) mass is 355 g/mol. The lowest BCUT2D eigenvalue weighted by Gasteiger charge is -2.14. The van der Waals surface area contributed by atoms with Crippen molar-refractivity contribution in [1.82, 2.24) is 19.7 Å². The van der Waals surface area contributed by atoms with E-state index in [-0.39, 0.29) is 5.75 Å². The Morgan fingerprint density at radius 1 is 1.23 bits per heavy atom. The molecule has 0 fully saturated rings. The van der Waals surface area contributed by atoms with Crippen molar-refractivity contribution in [2.75, 3.05) is 5.32 Å². The molecule has 0 saturated heterocycles. The number of hydrogen-bond donors (Lipinski definition) is 1. The Morgan fingerprint density at radius 2 is 2.04 bits per heavy atom. The van der Waals surface area contributed by atoms with Crippen LogP contribution in [0.5, 0.6) is 5.75 Å². The maximum atomic E-state index is 13.2. The Labute approximate surface area is 149 Å². The van der Waals surface area contributed by atoms with Gasteiger partial charge in [-0.25, -0.2) is 19.0 Å². The highest BCUT2D eigenvalue weighted by Gasteiger charge is 2.16. The van der Waals surface area contributed by atoms with Gasteiger partial charge in [-0.05, 0) is 39.0 Å². The van der Waals surface area contributed by atoms with Gasteiger partial charge < -0.3 is 10.1 Å². The molecule has 0 spiro atoms. The predicted molar refractivity (Wildman–Crippen MR) is 93.7 cm³/mol. The number of anilines is 1. The van der Waals surface area contributed by atoms with Crippen LogP contribution in [0.1, 0.15) is 18.3 Å². The van der Waals surface area contributed by atoms with Crippen LogP contribution in [0.4, 0.5) is 10.2 Å². The van der Waals surface area contributed by atoms with E-state index in [2.05, 4.69) is 20.4 Å². The highest BCUT2D eigenvalue weighted by atomic mass is 19.1. The number of nitrogens with zero attached hydrogens (tertiary/aromatic N) is 4. The maximum Gasteiger partial charge on any atom is 0.266 e. The molecule has 0 saturated carbocycles. The van der Waals surface area contributed by atoms with E-state index in [0.29, 0.717) is 11.6 Å². The van der Waals surface area contributed by atoms with Crippen LogP contribution in [0.25, 0.3) is 5.82 Å². The second-order valence-electron chi connectivity index (χ2n) is 5.81. The number of rotatable bonds is 5. The zero-order valence-electron chi connectivity index (χ0n) is 14.6. The summed E-state index contributed by atoms with van der Waals surface area (Å²) < 4.78 is 20.3. The van der Waals surface area contributed by atoms with Crippen molar-refractivity contribution in [2.45, 2.75) is 26.9 Å². The molecule has 1 unspecified atom stereocenters. The standard InChI is InChI=1S/C18H18FN5O2/c1-11-7-12(2)24(23-11)17-9-16(20-10-21-17)22-18(25)13(3)26-15-6-4-5-14(19)8-15/h4-10,13H,1-3H3,(H,20,21,22,25). The van der Waals surface area contributed by atoms with Crippen molar-refractivity contribution < 1.29 is 13.9 Å². The van der Waals surface area contributed by atoms with Gasteiger partial charge >= 0.3 is 0 Å². The number of aromatic nitrogens is 4. The third-order valence-electron chi connectivity index (χ3n) is 3.61. The molecule has 2 aromatic heterocycles. The van der Waals surface area contributed by atoms with Crippen molar-refractivity contribution in [3.63, 3.8) is 0 Å². The molecule has 1 N–H and O–H groups in total. The minimum absolute atomic E-state index is 0.277. The first-order valence-electron chi connectivity index (χ1n) is 8.01. The van der Waals surface area contributed by atoms with Crippen molar-refractivity contribution >= 4 is 11.7 Å². The summed E-state index contributed by atoms with van der Waals surface area (Å²) >= 11 is 0. The van der Waals surface area contributed by atoms with Crippen LogP contribution in [0.15, 0.2) is 42.7 Å². The van der Waals surface area contributed by atoms with Gasteiger partial charge in [-0.15, -0.1) is 0 Å². The van der Waals surface area contributed by atoms with Crippen LogP contribution in [0, 0.1) is 19.7 Å². The average Bonchev–Trinajstić information content (AvgIpc) is 2.93. The van der Waals surface area contributed by atoms with Gasteiger partial charge in [0.25, 0.3) is 5.91 Å². The lowest BCUT2D eigenvalue weighted by atomic mass is 10.3. The topological polar surface area (TPSA) is 81.9 Å². The molecule has 134 valence electrons. The molecule has 0 bridgehead atoms. The van der Waals surface area contributed by atoms with Crippen LogP contribution in [0.2, 0.25) is 0 Å². The molecular weight excluding hydrogens is 337 g/mol. The minimum Gasteiger partial charge on any atom is -0.481 e. The van der Waals surface area contributed by atoms with E-state index in [4.69, 9.17) is 4.74 Å². The quantitative estimate of drug-likeness (QED) is 0.761. The molecule has 3 rings (SSSR count). The molecule has 0 radical (unpaired) electrons. The third kappa shape index (κ3) is 4.02. The molecule has 0 aliphatic heterocycles. The lowest BCUT2D eigenvalue weighted by molar-refractivity contribution is -0.122. The first-order chi connectivity index (χ1) is 12.4. The van der Waals surface area contributed by atoms with Crippen LogP contribution < -0.4 is 10.1 Å². The summed E-state index contributed by atoms with van der Waals surface area (Å²) in [5, 5.41) is 7.02. The number of ether oxygens (including phenoxy) is 1. The van der Waals surface area contributed by atoms with E-state index in [0.717, 1.165) is 11.4 Å². The molecule has 3 aromatic rings. The summed E-state index contributed by atoms with van der Waals surface area (Å²) in [6.07, 6.45) is 0.517. The molecule has 1 amide bonds. The van der Waals surface area contributed by atoms with Crippen LogP contribution in [-0.2, 0) is 4.79 Å². The summed E-state index contributed by atoms with van der Waals surface area (Å²) in [7, 11) is 0. The first-order valence-corrected chi connectivity index (χ1v) is 8.01. The molecule has 0 aliphatic rings. The van der Waals surface area contributed by atoms with Gasteiger partial charge in [0.2, 0.25) is 0 Å². The van der Waals surface area contributed by atoms with Gasteiger partial charge in [0, 0.05) is 17.8 Å². The van der Waals surface area contributed by atoms with Crippen molar-refractivity contribution in [3.05, 3.63) is 59.9 Å². The van der Waals surface area contributed by atoms with E-state index in [1.54, 1.807) is 23.7 Å². The summed E-state index contributed by atoms with van der Waals surface area (Å²) in [6, 6.07) is 9.16. The largest absolute Gasteiger partial charge is 0.481 e. The number of carbonyl (C=O) groups excluding carboxylic acids is 1. The second-order valence-corrected chi connectivity index (χ2v) is 5.81. The van der Waals surface area contributed by atoms with E-state index in [1.807, 2.05) is 19.9 Å². The lowest BCUT2D eigenvalue weighted by Crippen LogP contribution is -2.30. The predicted octanol–water partition coefficient (Wildman–Crippen LogP) is 2.82. The Balaban J connectivity index is 1.71. The number of aryl methyl sites for hydroxylation is 2. The number of nitrogens with one attached hydrogen (secondary N) is 1. The minimum atomic E-state index is -0.830. The maximum absolute atomic E-state index is 13.2. The van der Waals surface area contributed by atoms with E-state index in [9.17, 15) is 9.18 Å². The van der Waals surface area contributed by atoms with Crippen LogP contribution in [0.3, 0.4) is 0 Å². The smallest absolute Gasteiger partial charge is 0.266 e. The average molecular weight is 355 g/mol. The Bertz CT molecular complexity index is 941. The van der Waals surface area contributed by atoms with Gasteiger partial charge in [0.05, 0.1) is 5.69 Å². The highest BCUT2D eigenvalue weighted by Crippen LogP contribution is 2.16. The van der Waals surface area contributed by atoms with E-state index in [1.165, 1.54) is 24.5 Å². The third-order valence-corrected chi connectivity index (χ3v) is 3.61. The van der Waals surface area contributed by atoms with E-state index < -0.39 is 17.8 Å². The molecule has 0 aliphatic carbocycles. The van der Waals surface area contributed by atoms with E-state index >= 15 is 0 Å². The first kappa shape index (κ1) is 17.5.